The molecule has 4 nitrogen and oxygen atoms in total. The van der Waals surface area contributed by atoms with Gasteiger partial charge in [0.15, 0.2) is 5.69 Å². The van der Waals surface area contributed by atoms with Crippen molar-refractivity contribution < 1.29 is 23.1 Å². The second-order valence-corrected chi connectivity index (χ2v) is 3.58. The minimum atomic E-state index is -4.69. The number of nitrogens with zero attached hydrogens (tertiary/aromatic N) is 2. The lowest BCUT2D eigenvalue weighted by Crippen LogP contribution is -2.18. The average molecular weight is 257 g/mol. The van der Waals surface area contributed by atoms with Gasteiger partial charge in [0.1, 0.15) is 6.04 Å². The maximum Gasteiger partial charge on any atom is 0.436 e. The second kappa shape index (κ2) is 3.97. The monoisotopic (exact) mass is 256 g/mol. The van der Waals surface area contributed by atoms with E-state index in [1.54, 1.807) is 0 Å². The fraction of sp³-hybridized carbons (Fsp3) is 0.500. The summed E-state index contributed by atoms with van der Waals surface area (Å²) in [6, 6.07) is -1.20. The summed E-state index contributed by atoms with van der Waals surface area (Å²) in [4.78, 5) is 10.6. The minimum Gasteiger partial charge on any atom is -0.480 e. The predicted molar refractivity (Wildman–Crippen MR) is 49.3 cm³/mol. The molecule has 1 rings (SSSR count). The van der Waals surface area contributed by atoms with Crippen molar-refractivity contribution in [3.63, 3.8) is 0 Å². The summed E-state index contributed by atoms with van der Waals surface area (Å²) in [6.07, 6.45) is -4.69. The molecule has 1 aromatic rings. The van der Waals surface area contributed by atoms with Crippen molar-refractivity contribution in [3.05, 3.63) is 16.4 Å². The molecule has 8 heteroatoms. The third-order valence-corrected chi connectivity index (χ3v) is 2.52. The molecule has 0 saturated heterocycles. The molecule has 0 unspecified atom stereocenters. The zero-order chi connectivity index (χ0) is 12.7. The maximum absolute atomic E-state index is 12.4. The van der Waals surface area contributed by atoms with Crippen molar-refractivity contribution in [1.82, 2.24) is 9.78 Å². The number of hydrogen-bond donors (Lipinski definition) is 1. The molecule has 0 spiro atoms. The summed E-state index contributed by atoms with van der Waals surface area (Å²) in [5.41, 5.74) is -1.29. The van der Waals surface area contributed by atoms with Gasteiger partial charge >= 0.3 is 12.1 Å². The quantitative estimate of drug-likeness (QED) is 0.884. The zero-order valence-electron chi connectivity index (χ0n) is 8.34. The molecule has 1 aromatic heterocycles. The summed E-state index contributed by atoms with van der Waals surface area (Å²) in [6.45, 7) is 2.50. The second-order valence-electron chi connectivity index (χ2n) is 3.20. The molecule has 1 heterocycles. The van der Waals surface area contributed by atoms with Gasteiger partial charge in [0.05, 0.1) is 10.7 Å². The molecule has 0 aliphatic heterocycles. The lowest BCUT2D eigenvalue weighted by atomic mass is 10.3. The van der Waals surface area contributed by atoms with Crippen LogP contribution in [0.2, 0.25) is 5.02 Å². The molecular weight excluding hydrogens is 249 g/mol. The molecule has 0 amide bonds. The SMILES string of the molecule is Cc1c(Cl)c(C(F)(F)F)nn1[C@@H](C)C(=O)O. The fourth-order valence-electron chi connectivity index (χ4n) is 1.16. The molecule has 0 aliphatic carbocycles. The van der Waals surface area contributed by atoms with Gasteiger partial charge in [-0.3, -0.25) is 4.68 Å². The fourth-order valence-corrected chi connectivity index (χ4v) is 1.39. The Bertz CT molecular complexity index is 428. The van der Waals surface area contributed by atoms with Crippen molar-refractivity contribution in [1.29, 1.82) is 0 Å². The first kappa shape index (κ1) is 12.8. The number of aliphatic carboxylic acids is 1. The standard InChI is InChI=1S/C8H8ClF3N2O2/c1-3-5(9)6(8(10,11)12)13-14(3)4(2)7(15)16/h4H,1-2H3,(H,15,16)/t4-/m0/s1. The van der Waals surface area contributed by atoms with Crippen molar-refractivity contribution in [2.75, 3.05) is 0 Å². The van der Waals surface area contributed by atoms with Crippen LogP contribution in [-0.2, 0) is 11.0 Å². The number of alkyl halides is 3. The van der Waals surface area contributed by atoms with E-state index in [0.717, 1.165) is 4.68 Å². The highest BCUT2D eigenvalue weighted by atomic mass is 35.5. The van der Waals surface area contributed by atoms with Crippen molar-refractivity contribution in [2.24, 2.45) is 0 Å². The Morgan fingerprint density at radius 3 is 2.38 bits per heavy atom. The third kappa shape index (κ3) is 2.13. The first-order valence-corrected chi connectivity index (χ1v) is 4.58. The Kier molecular flexibility index (Phi) is 3.18. The van der Waals surface area contributed by atoms with Gasteiger partial charge in [-0.05, 0) is 13.8 Å². The molecule has 90 valence electrons. The van der Waals surface area contributed by atoms with E-state index in [1.807, 2.05) is 0 Å². The van der Waals surface area contributed by atoms with Gasteiger partial charge < -0.3 is 5.11 Å². The highest BCUT2D eigenvalue weighted by molar-refractivity contribution is 6.32. The van der Waals surface area contributed by atoms with Crippen molar-refractivity contribution in [2.45, 2.75) is 26.1 Å². The summed E-state index contributed by atoms with van der Waals surface area (Å²) in [7, 11) is 0. The lowest BCUT2D eigenvalue weighted by molar-refractivity contribution is -0.144. The number of aromatic nitrogens is 2. The summed E-state index contributed by atoms with van der Waals surface area (Å²) < 4.78 is 37.9. The molecule has 0 radical (unpaired) electrons. The molecule has 0 fully saturated rings. The van der Waals surface area contributed by atoms with Gasteiger partial charge in [-0.2, -0.15) is 18.3 Å². The Balaban J connectivity index is 3.30. The smallest absolute Gasteiger partial charge is 0.436 e. The van der Waals surface area contributed by atoms with Crippen LogP contribution in [0.4, 0.5) is 13.2 Å². The molecule has 1 N–H and O–H groups in total. The largest absolute Gasteiger partial charge is 0.480 e. The van der Waals surface area contributed by atoms with Crippen LogP contribution in [0.3, 0.4) is 0 Å². The zero-order valence-corrected chi connectivity index (χ0v) is 9.10. The van der Waals surface area contributed by atoms with E-state index >= 15 is 0 Å². The van der Waals surface area contributed by atoms with Crippen LogP contribution in [0, 0.1) is 6.92 Å². The topological polar surface area (TPSA) is 55.1 Å². The van der Waals surface area contributed by atoms with Crippen molar-refractivity contribution >= 4 is 17.6 Å². The molecule has 1 atom stereocenters. The van der Waals surface area contributed by atoms with E-state index in [0.29, 0.717) is 0 Å². The first-order valence-electron chi connectivity index (χ1n) is 4.21. The predicted octanol–water partition coefficient (Wildman–Crippen LogP) is 2.51. The lowest BCUT2D eigenvalue weighted by Gasteiger charge is -2.08. The number of hydrogen-bond acceptors (Lipinski definition) is 2. The summed E-state index contributed by atoms with van der Waals surface area (Å²) in [5, 5.41) is 11.3. The van der Waals surface area contributed by atoms with Crippen LogP contribution in [-0.4, -0.2) is 20.9 Å². The van der Waals surface area contributed by atoms with Gasteiger partial charge in [0.2, 0.25) is 0 Å². The number of carboxylic acid groups (broad SMARTS) is 1. The highest BCUT2D eigenvalue weighted by Crippen LogP contribution is 2.36. The molecule has 0 aromatic carbocycles. The summed E-state index contributed by atoms with van der Waals surface area (Å²) >= 11 is 5.45. The van der Waals surface area contributed by atoms with Crippen LogP contribution >= 0.6 is 11.6 Å². The van der Waals surface area contributed by atoms with Crippen LogP contribution in [0.1, 0.15) is 24.4 Å². The van der Waals surface area contributed by atoms with Gasteiger partial charge in [0, 0.05) is 0 Å². The number of carboxylic acids is 1. The van der Waals surface area contributed by atoms with Crippen LogP contribution < -0.4 is 0 Å². The molecule has 0 bridgehead atoms. The van der Waals surface area contributed by atoms with Crippen LogP contribution in [0.25, 0.3) is 0 Å². The minimum absolute atomic E-state index is 0.0242. The maximum atomic E-state index is 12.4. The van der Waals surface area contributed by atoms with Gasteiger partial charge in [-0.25, -0.2) is 4.79 Å². The number of carbonyl (C=O) groups is 1. The van der Waals surface area contributed by atoms with Gasteiger partial charge in [-0.1, -0.05) is 11.6 Å². The Hall–Kier alpha value is -1.24. The van der Waals surface area contributed by atoms with E-state index in [9.17, 15) is 18.0 Å². The Morgan fingerprint density at radius 1 is 1.56 bits per heavy atom. The summed E-state index contributed by atoms with van der Waals surface area (Å²) in [5.74, 6) is -1.28. The highest BCUT2D eigenvalue weighted by Gasteiger charge is 2.39. The normalized spacial score (nSPS) is 13.9. The third-order valence-electron chi connectivity index (χ3n) is 2.07. The molecule has 16 heavy (non-hydrogen) atoms. The van der Waals surface area contributed by atoms with E-state index in [-0.39, 0.29) is 5.69 Å². The van der Waals surface area contributed by atoms with E-state index in [4.69, 9.17) is 16.7 Å². The van der Waals surface area contributed by atoms with E-state index < -0.39 is 28.9 Å². The van der Waals surface area contributed by atoms with E-state index in [1.165, 1.54) is 13.8 Å². The average Bonchev–Trinajstić information content (AvgIpc) is 2.42. The van der Waals surface area contributed by atoms with Crippen molar-refractivity contribution in [3.8, 4) is 0 Å². The first-order chi connectivity index (χ1) is 7.16. The van der Waals surface area contributed by atoms with E-state index in [2.05, 4.69) is 5.10 Å². The van der Waals surface area contributed by atoms with Crippen LogP contribution in [0.15, 0.2) is 0 Å². The van der Waals surface area contributed by atoms with Gasteiger partial charge in [-0.15, -0.1) is 0 Å². The number of halogens is 4. The number of rotatable bonds is 2. The molecule has 0 aliphatic rings. The molecule has 0 saturated carbocycles. The Labute approximate surface area is 93.6 Å². The van der Waals surface area contributed by atoms with Gasteiger partial charge in [0.25, 0.3) is 0 Å². The van der Waals surface area contributed by atoms with Crippen LogP contribution in [0.5, 0.6) is 0 Å². The Morgan fingerprint density at radius 2 is 2.06 bits per heavy atom. The molecular formula is C8H8ClF3N2O2.